The zero-order valence-electron chi connectivity index (χ0n) is 11.5. The molecule has 3 N–H and O–H groups in total. The number of aryl methyl sites for hydroxylation is 1. The molecule has 7 heteroatoms. The van der Waals surface area contributed by atoms with Gasteiger partial charge in [-0.1, -0.05) is 0 Å². The van der Waals surface area contributed by atoms with Gasteiger partial charge in [0, 0.05) is 19.8 Å². The molecular formula is C13H18N4O3. The van der Waals surface area contributed by atoms with Crippen LogP contribution in [0.15, 0.2) is 12.4 Å². The third kappa shape index (κ3) is 2.88. The molecule has 0 saturated heterocycles. The van der Waals surface area contributed by atoms with Crippen molar-refractivity contribution in [2.45, 2.75) is 25.9 Å². The van der Waals surface area contributed by atoms with E-state index in [1.54, 1.807) is 24.9 Å². The SMILES string of the molecule is CC(O)CCCNc1c(C(=O)O)cnc2c1cnn2C. The van der Waals surface area contributed by atoms with Gasteiger partial charge in [-0.3, -0.25) is 4.68 Å². The number of aromatic nitrogens is 3. The lowest BCUT2D eigenvalue weighted by atomic mass is 10.1. The van der Waals surface area contributed by atoms with Crippen LogP contribution in [0.4, 0.5) is 5.69 Å². The van der Waals surface area contributed by atoms with Crippen LogP contribution in [0, 0.1) is 0 Å². The first-order valence-corrected chi connectivity index (χ1v) is 6.46. The number of nitrogens with zero attached hydrogens (tertiary/aromatic N) is 3. The summed E-state index contributed by atoms with van der Waals surface area (Å²) in [7, 11) is 1.76. The monoisotopic (exact) mass is 278 g/mol. The highest BCUT2D eigenvalue weighted by molar-refractivity contribution is 6.03. The molecule has 7 nitrogen and oxygen atoms in total. The maximum atomic E-state index is 11.3. The first-order valence-electron chi connectivity index (χ1n) is 6.46. The number of hydrogen-bond donors (Lipinski definition) is 3. The molecule has 2 aromatic rings. The molecule has 0 amide bonds. The van der Waals surface area contributed by atoms with Crippen molar-refractivity contribution in [2.75, 3.05) is 11.9 Å². The van der Waals surface area contributed by atoms with Crippen molar-refractivity contribution in [3.05, 3.63) is 18.0 Å². The summed E-state index contributed by atoms with van der Waals surface area (Å²) in [6.07, 6.45) is 4.00. The predicted octanol–water partition coefficient (Wildman–Crippen LogP) is 1.24. The van der Waals surface area contributed by atoms with Gasteiger partial charge in [-0.15, -0.1) is 0 Å². The van der Waals surface area contributed by atoms with E-state index in [2.05, 4.69) is 15.4 Å². The molecule has 0 aromatic carbocycles. The smallest absolute Gasteiger partial charge is 0.339 e. The molecule has 1 unspecified atom stereocenters. The lowest BCUT2D eigenvalue weighted by Gasteiger charge is -2.11. The average molecular weight is 278 g/mol. The Balaban J connectivity index is 2.28. The van der Waals surface area contributed by atoms with Crippen LogP contribution in [0.2, 0.25) is 0 Å². The van der Waals surface area contributed by atoms with Crippen molar-refractivity contribution in [1.82, 2.24) is 14.8 Å². The van der Waals surface area contributed by atoms with Crippen LogP contribution < -0.4 is 5.32 Å². The first-order chi connectivity index (χ1) is 9.50. The van der Waals surface area contributed by atoms with Crippen LogP contribution in [0.3, 0.4) is 0 Å². The van der Waals surface area contributed by atoms with Crippen LogP contribution >= 0.6 is 0 Å². The van der Waals surface area contributed by atoms with E-state index in [1.807, 2.05) is 0 Å². The van der Waals surface area contributed by atoms with Gasteiger partial charge in [0.05, 0.1) is 23.4 Å². The van der Waals surface area contributed by atoms with E-state index in [1.165, 1.54) is 6.20 Å². The van der Waals surface area contributed by atoms with Crippen molar-refractivity contribution in [3.8, 4) is 0 Å². The number of carboxylic acid groups (broad SMARTS) is 1. The number of pyridine rings is 1. The van der Waals surface area contributed by atoms with Gasteiger partial charge in [0.25, 0.3) is 0 Å². The van der Waals surface area contributed by atoms with Gasteiger partial charge in [0.1, 0.15) is 5.56 Å². The Morgan fingerprint density at radius 2 is 2.25 bits per heavy atom. The average Bonchev–Trinajstić information content (AvgIpc) is 2.76. The highest BCUT2D eigenvalue weighted by Crippen LogP contribution is 2.25. The summed E-state index contributed by atoms with van der Waals surface area (Å²) in [6, 6.07) is 0. The molecule has 20 heavy (non-hydrogen) atoms. The third-order valence-corrected chi connectivity index (χ3v) is 3.09. The molecule has 1 atom stereocenters. The zero-order chi connectivity index (χ0) is 14.7. The number of anilines is 1. The molecule has 108 valence electrons. The van der Waals surface area contributed by atoms with E-state index in [9.17, 15) is 15.0 Å². The molecule has 0 radical (unpaired) electrons. The Labute approximate surface area is 116 Å². The minimum atomic E-state index is -1.03. The number of fused-ring (bicyclic) bond motifs is 1. The number of rotatable bonds is 6. The van der Waals surface area contributed by atoms with Crippen LogP contribution in [-0.4, -0.2) is 43.6 Å². The van der Waals surface area contributed by atoms with E-state index in [4.69, 9.17) is 0 Å². The van der Waals surface area contributed by atoms with Gasteiger partial charge in [0.2, 0.25) is 0 Å². The fraction of sp³-hybridized carbons (Fsp3) is 0.462. The molecule has 2 heterocycles. The number of hydrogen-bond acceptors (Lipinski definition) is 5. The Hall–Kier alpha value is -2.15. The summed E-state index contributed by atoms with van der Waals surface area (Å²) >= 11 is 0. The first kappa shape index (κ1) is 14.3. The summed E-state index contributed by atoms with van der Waals surface area (Å²) in [5, 5.41) is 26.4. The lowest BCUT2D eigenvalue weighted by Crippen LogP contribution is -2.11. The molecule has 0 aliphatic carbocycles. The van der Waals surface area contributed by atoms with Crippen molar-refractivity contribution in [1.29, 1.82) is 0 Å². The third-order valence-electron chi connectivity index (χ3n) is 3.09. The van der Waals surface area contributed by atoms with Gasteiger partial charge < -0.3 is 15.5 Å². The zero-order valence-corrected chi connectivity index (χ0v) is 11.5. The number of nitrogens with one attached hydrogen (secondary N) is 1. The van der Waals surface area contributed by atoms with Crippen LogP contribution in [-0.2, 0) is 7.05 Å². The topological polar surface area (TPSA) is 100 Å². The van der Waals surface area contributed by atoms with E-state index in [0.29, 0.717) is 29.7 Å². The van der Waals surface area contributed by atoms with E-state index >= 15 is 0 Å². The fourth-order valence-electron chi connectivity index (χ4n) is 2.06. The molecular weight excluding hydrogens is 260 g/mol. The second-order valence-electron chi connectivity index (χ2n) is 4.78. The normalized spacial score (nSPS) is 12.6. The Morgan fingerprint density at radius 1 is 1.50 bits per heavy atom. The highest BCUT2D eigenvalue weighted by atomic mass is 16.4. The van der Waals surface area contributed by atoms with Gasteiger partial charge in [-0.25, -0.2) is 9.78 Å². The number of aliphatic hydroxyl groups excluding tert-OH is 1. The molecule has 0 fully saturated rings. The molecule has 0 spiro atoms. The minimum Gasteiger partial charge on any atom is -0.478 e. The van der Waals surface area contributed by atoms with Crippen molar-refractivity contribution in [3.63, 3.8) is 0 Å². The van der Waals surface area contributed by atoms with Gasteiger partial charge >= 0.3 is 5.97 Å². The number of carboxylic acids is 1. The van der Waals surface area contributed by atoms with Gasteiger partial charge in [-0.2, -0.15) is 5.10 Å². The van der Waals surface area contributed by atoms with Crippen molar-refractivity contribution in [2.24, 2.45) is 7.05 Å². The van der Waals surface area contributed by atoms with Crippen molar-refractivity contribution < 1.29 is 15.0 Å². The molecule has 0 aliphatic heterocycles. The molecule has 0 saturated carbocycles. The Morgan fingerprint density at radius 3 is 2.90 bits per heavy atom. The number of aliphatic hydroxyl groups is 1. The standard InChI is InChI=1S/C13H18N4O3/c1-8(18)4-3-5-14-11-9-7-16-17(2)12(9)15-6-10(11)13(19)20/h6-8,18H,3-5H2,1-2H3,(H,14,15)(H,19,20). The van der Waals surface area contributed by atoms with E-state index in [0.717, 1.165) is 6.42 Å². The largest absolute Gasteiger partial charge is 0.478 e. The van der Waals surface area contributed by atoms with E-state index < -0.39 is 5.97 Å². The fourth-order valence-corrected chi connectivity index (χ4v) is 2.06. The number of aromatic carboxylic acids is 1. The van der Waals surface area contributed by atoms with Crippen LogP contribution in [0.5, 0.6) is 0 Å². The summed E-state index contributed by atoms with van der Waals surface area (Å²) in [5.74, 6) is -1.03. The molecule has 2 aromatic heterocycles. The second-order valence-corrected chi connectivity index (χ2v) is 4.78. The maximum absolute atomic E-state index is 11.3. The molecule has 0 aliphatic rings. The molecule has 0 bridgehead atoms. The van der Waals surface area contributed by atoms with E-state index in [-0.39, 0.29) is 11.7 Å². The van der Waals surface area contributed by atoms with Crippen molar-refractivity contribution >= 4 is 22.7 Å². The summed E-state index contributed by atoms with van der Waals surface area (Å²) < 4.78 is 1.60. The maximum Gasteiger partial charge on any atom is 0.339 e. The number of carbonyl (C=O) groups is 1. The highest BCUT2D eigenvalue weighted by Gasteiger charge is 2.16. The quantitative estimate of drug-likeness (QED) is 0.687. The summed E-state index contributed by atoms with van der Waals surface area (Å²) in [4.78, 5) is 15.4. The lowest BCUT2D eigenvalue weighted by molar-refractivity contribution is 0.0697. The molecule has 2 rings (SSSR count). The van der Waals surface area contributed by atoms with Crippen LogP contribution in [0.25, 0.3) is 11.0 Å². The summed E-state index contributed by atoms with van der Waals surface area (Å²) in [5.41, 5.74) is 1.29. The summed E-state index contributed by atoms with van der Waals surface area (Å²) in [6.45, 7) is 2.31. The van der Waals surface area contributed by atoms with Gasteiger partial charge in [0.15, 0.2) is 5.65 Å². The Bertz CT molecular complexity index is 621. The second kappa shape index (κ2) is 5.87. The Kier molecular flexibility index (Phi) is 4.19. The minimum absolute atomic E-state index is 0.127. The predicted molar refractivity (Wildman–Crippen MR) is 74.9 cm³/mol. The van der Waals surface area contributed by atoms with Crippen LogP contribution in [0.1, 0.15) is 30.1 Å². The van der Waals surface area contributed by atoms with Gasteiger partial charge in [-0.05, 0) is 19.8 Å².